The monoisotopic (exact) mass is 244 g/mol. The molecule has 3 rings (SSSR count). The first kappa shape index (κ1) is 10.2. The standard InChI is InChI=1S/C12H9ClN4/c1-7-3-2-4-8-10(7)15-12(13)16-11(8)9-5-6-14-17-9/h2-6H,1H3,(H,14,17). The van der Waals surface area contributed by atoms with Crippen LogP contribution in [0.3, 0.4) is 0 Å². The second kappa shape index (κ2) is 3.82. The van der Waals surface area contributed by atoms with Crippen LogP contribution in [0.4, 0.5) is 0 Å². The number of nitrogens with one attached hydrogen (secondary N) is 1. The quantitative estimate of drug-likeness (QED) is 0.670. The summed E-state index contributed by atoms with van der Waals surface area (Å²) in [6, 6.07) is 7.83. The van der Waals surface area contributed by atoms with Gasteiger partial charge in [-0.05, 0) is 30.2 Å². The number of aromatic nitrogens is 4. The minimum atomic E-state index is 0.247. The van der Waals surface area contributed by atoms with Gasteiger partial charge in [0.25, 0.3) is 0 Å². The van der Waals surface area contributed by atoms with E-state index in [1.807, 2.05) is 31.2 Å². The Labute approximate surface area is 103 Å². The summed E-state index contributed by atoms with van der Waals surface area (Å²) in [6.07, 6.45) is 1.69. The van der Waals surface area contributed by atoms with Crippen LogP contribution in [0.2, 0.25) is 5.28 Å². The Kier molecular flexibility index (Phi) is 2.30. The van der Waals surface area contributed by atoms with Gasteiger partial charge in [-0.15, -0.1) is 0 Å². The Hall–Kier alpha value is -1.94. The van der Waals surface area contributed by atoms with Gasteiger partial charge in [0.05, 0.1) is 11.2 Å². The van der Waals surface area contributed by atoms with Gasteiger partial charge in [0, 0.05) is 11.6 Å². The number of nitrogens with zero attached hydrogens (tertiary/aromatic N) is 3. The molecule has 1 N–H and O–H groups in total. The van der Waals surface area contributed by atoms with Gasteiger partial charge in [-0.1, -0.05) is 18.2 Å². The topological polar surface area (TPSA) is 54.5 Å². The van der Waals surface area contributed by atoms with Gasteiger partial charge in [-0.3, -0.25) is 5.10 Å². The highest BCUT2D eigenvalue weighted by Crippen LogP contribution is 2.27. The summed E-state index contributed by atoms with van der Waals surface area (Å²) < 4.78 is 0. The average molecular weight is 245 g/mol. The Balaban J connectivity index is 2.42. The van der Waals surface area contributed by atoms with Crippen molar-refractivity contribution < 1.29 is 0 Å². The molecule has 4 nitrogen and oxygen atoms in total. The molecule has 2 heterocycles. The summed E-state index contributed by atoms with van der Waals surface area (Å²) in [6.45, 7) is 2.00. The Morgan fingerprint density at radius 1 is 1.18 bits per heavy atom. The predicted octanol–water partition coefficient (Wildman–Crippen LogP) is 2.98. The van der Waals surface area contributed by atoms with Crippen LogP contribution in [0, 0.1) is 6.92 Å². The highest BCUT2D eigenvalue weighted by molar-refractivity contribution is 6.28. The maximum Gasteiger partial charge on any atom is 0.223 e. The lowest BCUT2D eigenvalue weighted by atomic mass is 10.1. The summed E-state index contributed by atoms with van der Waals surface area (Å²) in [5.74, 6) is 0. The van der Waals surface area contributed by atoms with Gasteiger partial charge in [0.1, 0.15) is 5.69 Å². The van der Waals surface area contributed by atoms with E-state index in [1.165, 1.54) is 0 Å². The Morgan fingerprint density at radius 3 is 2.82 bits per heavy atom. The zero-order chi connectivity index (χ0) is 11.8. The first-order valence-corrected chi connectivity index (χ1v) is 5.56. The third kappa shape index (κ3) is 1.66. The third-order valence-corrected chi connectivity index (χ3v) is 2.83. The summed E-state index contributed by atoms with van der Waals surface area (Å²) in [4.78, 5) is 8.53. The summed E-state index contributed by atoms with van der Waals surface area (Å²) in [5.41, 5.74) is 3.57. The van der Waals surface area contributed by atoms with E-state index in [9.17, 15) is 0 Å². The summed E-state index contributed by atoms with van der Waals surface area (Å²) >= 11 is 5.96. The van der Waals surface area contributed by atoms with Gasteiger partial charge in [-0.2, -0.15) is 5.10 Å². The van der Waals surface area contributed by atoms with Gasteiger partial charge in [-0.25, -0.2) is 9.97 Å². The van der Waals surface area contributed by atoms with Gasteiger partial charge in [0.15, 0.2) is 0 Å². The van der Waals surface area contributed by atoms with Crippen molar-refractivity contribution in [3.05, 3.63) is 41.3 Å². The van der Waals surface area contributed by atoms with E-state index < -0.39 is 0 Å². The largest absolute Gasteiger partial charge is 0.276 e. The van der Waals surface area contributed by atoms with Crippen LogP contribution in [0.15, 0.2) is 30.5 Å². The highest BCUT2D eigenvalue weighted by Gasteiger charge is 2.10. The number of aryl methyl sites for hydroxylation is 1. The van der Waals surface area contributed by atoms with Crippen molar-refractivity contribution in [2.45, 2.75) is 6.92 Å². The van der Waals surface area contributed by atoms with Crippen LogP contribution in [0.5, 0.6) is 0 Å². The van der Waals surface area contributed by atoms with Gasteiger partial charge >= 0.3 is 0 Å². The molecule has 2 aromatic heterocycles. The second-order valence-electron chi connectivity index (χ2n) is 3.78. The maximum atomic E-state index is 5.96. The number of hydrogen-bond acceptors (Lipinski definition) is 3. The van der Waals surface area contributed by atoms with Crippen LogP contribution in [-0.2, 0) is 0 Å². The SMILES string of the molecule is Cc1cccc2c(-c3ccn[nH]3)nc(Cl)nc12. The van der Waals surface area contributed by atoms with E-state index in [4.69, 9.17) is 11.6 Å². The van der Waals surface area contributed by atoms with Crippen LogP contribution in [0.25, 0.3) is 22.3 Å². The number of halogens is 1. The fourth-order valence-corrected chi connectivity index (χ4v) is 2.03. The lowest BCUT2D eigenvalue weighted by molar-refractivity contribution is 1.08. The highest BCUT2D eigenvalue weighted by atomic mass is 35.5. The van der Waals surface area contributed by atoms with Crippen LogP contribution in [-0.4, -0.2) is 20.2 Å². The number of H-pyrrole nitrogens is 1. The van der Waals surface area contributed by atoms with Crippen molar-refractivity contribution in [3.63, 3.8) is 0 Å². The fourth-order valence-electron chi connectivity index (χ4n) is 1.86. The number of para-hydroxylation sites is 1. The van der Waals surface area contributed by atoms with E-state index in [0.29, 0.717) is 0 Å². The predicted molar refractivity (Wildman–Crippen MR) is 66.9 cm³/mol. The minimum absolute atomic E-state index is 0.247. The van der Waals surface area contributed by atoms with Crippen molar-refractivity contribution in [2.75, 3.05) is 0 Å². The molecule has 0 atom stereocenters. The molecule has 84 valence electrons. The van der Waals surface area contributed by atoms with Crippen molar-refractivity contribution in [2.24, 2.45) is 0 Å². The smallest absolute Gasteiger partial charge is 0.223 e. The summed E-state index contributed by atoms with van der Waals surface area (Å²) in [7, 11) is 0. The number of benzene rings is 1. The van der Waals surface area contributed by atoms with Crippen LogP contribution < -0.4 is 0 Å². The molecule has 0 aliphatic heterocycles. The first-order valence-electron chi connectivity index (χ1n) is 5.18. The molecule has 0 aliphatic carbocycles. The molecule has 0 saturated carbocycles. The fraction of sp³-hybridized carbons (Fsp3) is 0.0833. The zero-order valence-corrected chi connectivity index (χ0v) is 9.86. The van der Waals surface area contributed by atoms with Crippen LogP contribution >= 0.6 is 11.6 Å². The van der Waals surface area contributed by atoms with Gasteiger partial charge in [0.2, 0.25) is 5.28 Å². The van der Waals surface area contributed by atoms with E-state index in [1.54, 1.807) is 6.20 Å². The van der Waals surface area contributed by atoms with Crippen molar-refractivity contribution >= 4 is 22.5 Å². The van der Waals surface area contributed by atoms with Gasteiger partial charge < -0.3 is 0 Å². The van der Waals surface area contributed by atoms with E-state index in [-0.39, 0.29) is 5.28 Å². The molecule has 0 spiro atoms. The molecule has 0 saturated heterocycles. The molecule has 17 heavy (non-hydrogen) atoms. The molecule has 0 radical (unpaired) electrons. The average Bonchev–Trinajstić information content (AvgIpc) is 2.83. The lowest BCUT2D eigenvalue weighted by Crippen LogP contribution is -1.93. The number of aromatic amines is 1. The Bertz CT molecular complexity index is 676. The number of fused-ring (bicyclic) bond motifs is 1. The molecule has 5 heteroatoms. The van der Waals surface area contributed by atoms with E-state index in [2.05, 4.69) is 20.2 Å². The Morgan fingerprint density at radius 2 is 2.06 bits per heavy atom. The van der Waals surface area contributed by atoms with E-state index in [0.717, 1.165) is 27.9 Å². The normalized spacial score (nSPS) is 10.9. The van der Waals surface area contributed by atoms with Crippen molar-refractivity contribution in [1.82, 2.24) is 20.2 Å². The third-order valence-electron chi connectivity index (χ3n) is 2.66. The maximum absolute atomic E-state index is 5.96. The lowest BCUT2D eigenvalue weighted by Gasteiger charge is -2.05. The van der Waals surface area contributed by atoms with Crippen molar-refractivity contribution in [3.8, 4) is 11.4 Å². The first-order chi connectivity index (χ1) is 8.25. The zero-order valence-electron chi connectivity index (χ0n) is 9.11. The molecule has 3 aromatic rings. The molecule has 0 aliphatic rings. The number of rotatable bonds is 1. The minimum Gasteiger partial charge on any atom is -0.276 e. The molecule has 0 bridgehead atoms. The molecule has 0 amide bonds. The van der Waals surface area contributed by atoms with Crippen LogP contribution in [0.1, 0.15) is 5.56 Å². The second-order valence-corrected chi connectivity index (χ2v) is 4.12. The molecular formula is C12H9ClN4. The van der Waals surface area contributed by atoms with Crippen molar-refractivity contribution in [1.29, 1.82) is 0 Å². The number of hydrogen-bond donors (Lipinski definition) is 1. The molecule has 1 aromatic carbocycles. The van der Waals surface area contributed by atoms with E-state index >= 15 is 0 Å². The molecule has 0 unspecified atom stereocenters. The molecular weight excluding hydrogens is 236 g/mol. The molecule has 0 fully saturated rings. The summed E-state index contributed by atoms with van der Waals surface area (Å²) in [5, 5.41) is 8.04.